The maximum absolute atomic E-state index is 6.18. The molecule has 1 aromatic rings. The fourth-order valence-corrected chi connectivity index (χ4v) is 5.63. The average molecular weight is 335 g/mol. The molecule has 0 saturated heterocycles. The number of benzene rings is 1. The molecule has 0 spiro atoms. The van der Waals surface area contributed by atoms with Gasteiger partial charge in [-0.25, -0.2) is 0 Å². The molecule has 4 saturated carbocycles. The monoisotopic (exact) mass is 334 g/mol. The molecule has 2 nitrogen and oxygen atoms in total. The molecule has 4 fully saturated rings. The van der Waals surface area contributed by atoms with Gasteiger partial charge in [-0.3, -0.25) is 0 Å². The van der Waals surface area contributed by atoms with Gasteiger partial charge in [-0.05, 0) is 92.6 Å². The van der Waals surface area contributed by atoms with Gasteiger partial charge in [0, 0.05) is 16.8 Å². The molecular formula is C18H23ClN2S. The smallest absolute Gasteiger partial charge is 0.171 e. The lowest BCUT2D eigenvalue weighted by Gasteiger charge is -2.54. The van der Waals surface area contributed by atoms with Crippen LogP contribution in [0.1, 0.15) is 37.7 Å². The lowest BCUT2D eigenvalue weighted by molar-refractivity contribution is -0.00665. The molecule has 4 aliphatic carbocycles. The Morgan fingerprint density at radius 2 is 1.73 bits per heavy atom. The zero-order valence-corrected chi connectivity index (χ0v) is 14.5. The van der Waals surface area contributed by atoms with Gasteiger partial charge in [-0.2, -0.15) is 0 Å². The molecule has 4 bridgehead atoms. The molecule has 0 amide bonds. The third-order valence-electron chi connectivity index (χ3n) is 6.04. The third-order valence-corrected chi connectivity index (χ3v) is 6.67. The number of rotatable bonds is 2. The van der Waals surface area contributed by atoms with Gasteiger partial charge in [-0.15, -0.1) is 0 Å². The van der Waals surface area contributed by atoms with E-state index in [9.17, 15) is 0 Å². The van der Waals surface area contributed by atoms with Crippen LogP contribution < -0.4 is 10.6 Å². The van der Waals surface area contributed by atoms with Crippen LogP contribution in [0.5, 0.6) is 0 Å². The molecule has 0 atom stereocenters. The van der Waals surface area contributed by atoms with Crippen molar-refractivity contribution in [3.8, 4) is 0 Å². The first-order valence-corrected chi connectivity index (χ1v) is 9.21. The Hall–Kier alpha value is -0.800. The van der Waals surface area contributed by atoms with Crippen LogP contribution >= 0.6 is 23.8 Å². The normalized spacial score (nSPS) is 35.5. The van der Waals surface area contributed by atoms with Gasteiger partial charge in [0.2, 0.25) is 0 Å². The Balaban J connectivity index is 1.43. The Kier molecular flexibility index (Phi) is 3.82. The number of thiocarbonyl (C=S) groups is 1. The van der Waals surface area contributed by atoms with Crippen molar-refractivity contribution in [2.75, 3.05) is 5.32 Å². The van der Waals surface area contributed by atoms with Crippen molar-refractivity contribution < 1.29 is 0 Å². The summed E-state index contributed by atoms with van der Waals surface area (Å²) in [5.74, 6) is 3.66. The molecule has 4 heteroatoms. The van der Waals surface area contributed by atoms with Gasteiger partial charge in [0.1, 0.15) is 0 Å². The maximum atomic E-state index is 6.18. The molecule has 22 heavy (non-hydrogen) atoms. The number of halogens is 1. The second-order valence-corrected chi connectivity index (χ2v) is 8.28. The average Bonchev–Trinajstić information content (AvgIpc) is 2.47. The van der Waals surface area contributed by atoms with Crippen molar-refractivity contribution >= 4 is 34.6 Å². The lowest BCUT2D eigenvalue weighted by atomic mass is 9.54. The third kappa shape index (κ3) is 2.63. The summed E-state index contributed by atoms with van der Waals surface area (Å²) < 4.78 is 0. The van der Waals surface area contributed by atoms with E-state index in [0.29, 0.717) is 6.04 Å². The van der Waals surface area contributed by atoms with E-state index in [1.54, 1.807) is 0 Å². The molecule has 0 aliphatic heterocycles. The van der Waals surface area contributed by atoms with Gasteiger partial charge < -0.3 is 10.6 Å². The van der Waals surface area contributed by atoms with Crippen molar-refractivity contribution in [1.29, 1.82) is 0 Å². The zero-order chi connectivity index (χ0) is 15.3. The highest BCUT2D eigenvalue weighted by atomic mass is 35.5. The Morgan fingerprint density at radius 3 is 2.36 bits per heavy atom. The minimum absolute atomic E-state index is 0.576. The maximum Gasteiger partial charge on any atom is 0.171 e. The van der Waals surface area contributed by atoms with Gasteiger partial charge in [0.05, 0.1) is 0 Å². The molecule has 5 rings (SSSR count). The Bertz CT molecular complexity index is 573. The summed E-state index contributed by atoms with van der Waals surface area (Å²) in [5.41, 5.74) is 2.06. The predicted molar refractivity (Wildman–Crippen MR) is 96.4 cm³/mol. The molecular weight excluding hydrogens is 312 g/mol. The van der Waals surface area contributed by atoms with E-state index in [-0.39, 0.29) is 0 Å². The lowest BCUT2D eigenvalue weighted by Crippen LogP contribution is -2.56. The van der Waals surface area contributed by atoms with Crippen LogP contribution in [0.15, 0.2) is 18.2 Å². The summed E-state index contributed by atoms with van der Waals surface area (Å²) >= 11 is 11.8. The van der Waals surface area contributed by atoms with Crippen molar-refractivity contribution in [2.24, 2.45) is 23.7 Å². The summed E-state index contributed by atoms with van der Waals surface area (Å²) in [7, 11) is 0. The van der Waals surface area contributed by atoms with E-state index in [1.165, 1.54) is 32.1 Å². The predicted octanol–water partition coefficient (Wildman–Crippen LogP) is 4.76. The SMILES string of the molecule is Cc1c(Cl)cccc1NC(=S)NC1C2CC3CC(C2)CC1C3. The number of nitrogens with one attached hydrogen (secondary N) is 2. The first-order chi connectivity index (χ1) is 10.6. The first kappa shape index (κ1) is 14.8. The molecule has 118 valence electrons. The number of anilines is 1. The van der Waals surface area contributed by atoms with Gasteiger partial charge in [0.25, 0.3) is 0 Å². The van der Waals surface area contributed by atoms with Crippen LogP contribution in [-0.2, 0) is 0 Å². The fraction of sp³-hybridized carbons (Fsp3) is 0.611. The summed E-state index contributed by atoms with van der Waals surface area (Å²) in [4.78, 5) is 0. The molecule has 4 aliphatic rings. The summed E-state index contributed by atoms with van der Waals surface area (Å²) in [6.45, 7) is 2.02. The zero-order valence-electron chi connectivity index (χ0n) is 12.9. The van der Waals surface area contributed by atoms with E-state index in [0.717, 1.165) is 45.1 Å². The summed E-state index contributed by atoms with van der Waals surface area (Å²) in [5, 5.41) is 8.51. The Morgan fingerprint density at radius 1 is 1.09 bits per heavy atom. The van der Waals surface area contributed by atoms with Gasteiger partial charge >= 0.3 is 0 Å². The Labute approximate surface area is 143 Å². The fourth-order valence-electron chi connectivity index (χ4n) is 5.21. The summed E-state index contributed by atoms with van der Waals surface area (Å²) in [6.07, 6.45) is 7.12. The van der Waals surface area contributed by atoms with E-state index in [1.807, 2.05) is 25.1 Å². The van der Waals surface area contributed by atoms with E-state index >= 15 is 0 Å². The topological polar surface area (TPSA) is 24.1 Å². The first-order valence-electron chi connectivity index (χ1n) is 8.42. The summed E-state index contributed by atoms with van der Waals surface area (Å²) in [6, 6.07) is 6.48. The van der Waals surface area contributed by atoms with Crippen molar-refractivity contribution in [1.82, 2.24) is 5.32 Å². The van der Waals surface area contributed by atoms with E-state index < -0.39 is 0 Å². The molecule has 1 aromatic carbocycles. The minimum Gasteiger partial charge on any atom is -0.359 e. The second kappa shape index (κ2) is 5.68. The van der Waals surface area contributed by atoms with Crippen molar-refractivity contribution in [2.45, 2.75) is 45.1 Å². The van der Waals surface area contributed by atoms with Crippen LogP contribution in [0.2, 0.25) is 5.02 Å². The highest BCUT2D eigenvalue weighted by Gasteiger charge is 2.48. The quantitative estimate of drug-likeness (QED) is 0.762. The molecule has 0 unspecified atom stereocenters. The molecule has 2 N–H and O–H groups in total. The van der Waals surface area contributed by atoms with Crippen LogP contribution in [-0.4, -0.2) is 11.2 Å². The largest absolute Gasteiger partial charge is 0.359 e. The minimum atomic E-state index is 0.576. The highest BCUT2D eigenvalue weighted by Crippen LogP contribution is 2.53. The van der Waals surface area contributed by atoms with Crippen molar-refractivity contribution in [3.63, 3.8) is 0 Å². The van der Waals surface area contributed by atoms with Gasteiger partial charge in [-0.1, -0.05) is 17.7 Å². The molecule has 0 radical (unpaired) electrons. The standard InChI is InChI=1S/C18H23ClN2S/c1-10-15(19)3-2-4-16(10)20-18(22)21-17-13-6-11-5-12(8-13)9-14(17)7-11/h2-4,11-14,17H,5-9H2,1H3,(H2,20,21,22). The van der Waals surface area contributed by atoms with Crippen molar-refractivity contribution in [3.05, 3.63) is 28.8 Å². The van der Waals surface area contributed by atoms with E-state index in [4.69, 9.17) is 23.8 Å². The number of hydrogen-bond donors (Lipinski definition) is 2. The molecule has 0 heterocycles. The van der Waals surface area contributed by atoms with Crippen LogP contribution in [0.4, 0.5) is 5.69 Å². The van der Waals surface area contributed by atoms with Crippen LogP contribution in [0, 0.1) is 30.6 Å². The molecule has 0 aromatic heterocycles. The number of hydrogen-bond acceptors (Lipinski definition) is 1. The van der Waals surface area contributed by atoms with E-state index in [2.05, 4.69) is 10.6 Å². The van der Waals surface area contributed by atoms with Gasteiger partial charge in [0.15, 0.2) is 5.11 Å². The second-order valence-electron chi connectivity index (χ2n) is 7.47. The van der Waals surface area contributed by atoms with Crippen LogP contribution in [0.25, 0.3) is 0 Å². The van der Waals surface area contributed by atoms with Crippen LogP contribution in [0.3, 0.4) is 0 Å². The highest BCUT2D eigenvalue weighted by molar-refractivity contribution is 7.80.